The van der Waals surface area contributed by atoms with E-state index in [2.05, 4.69) is 243 Å². The molecule has 0 radical (unpaired) electrons. The van der Waals surface area contributed by atoms with E-state index in [0.29, 0.717) is 0 Å². The SMILES string of the molecule is CC1(C)c2ccccc2-c2ccc(N(c3ccc(-c4ccccc4)cc3)c3ccc(-c4ccccc4-c4cc(-c5ccccc5)c5oc6c7ccccc7ccc6c5c4)cc3)cc21. The maximum Gasteiger partial charge on any atom is 0.143 e. The van der Waals surface area contributed by atoms with Gasteiger partial charge in [-0.25, -0.2) is 0 Å². The summed E-state index contributed by atoms with van der Waals surface area (Å²) in [5.74, 6) is 0. The number of anilines is 3. The highest BCUT2D eigenvalue weighted by atomic mass is 16.3. The maximum absolute atomic E-state index is 6.84. The van der Waals surface area contributed by atoms with Crippen molar-refractivity contribution in [1.29, 1.82) is 0 Å². The van der Waals surface area contributed by atoms with E-state index in [9.17, 15) is 0 Å². The second kappa shape index (κ2) is 14.6. The van der Waals surface area contributed by atoms with Crippen LogP contribution in [0.25, 0.3) is 88.3 Å². The highest BCUT2D eigenvalue weighted by Crippen LogP contribution is 2.51. The smallest absolute Gasteiger partial charge is 0.143 e. The van der Waals surface area contributed by atoms with Crippen molar-refractivity contribution in [2.45, 2.75) is 19.3 Å². The van der Waals surface area contributed by atoms with Crippen LogP contribution in [0.2, 0.25) is 0 Å². The molecule has 0 bridgehead atoms. The minimum absolute atomic E-state index is 0.113. The topological polar surface area (TPSA) is 16.4 Å². The molecular weight excluding hydrogens is 763 g/mol. The zero-order chi connectivity index (χ0) is 42.1. The van der Waals surface area contributed by atoms with E-state index in [-0.39, 0.29) is 5.41 Å². The minimum Gasteiger partial charge on any atom is -0.455 e. The minimum atomic E-state index is -0.113. The average molecular weight is 806 g/mol. The third-order valence-electron chi connectivity index (χ3n) is 13.3. The molecule has 11 aromatic rings. The predicted octanol–water partition coefficient (Wildman–Crippen LogP) is 17.2. The zero-order valence-corrected chi connectivity index (χ0v) is 35.2. The van der Waals surface area contributed by atoms with Crippen LogP contribution in [0.4, 0.5) is 17.1 Å². The Labute approximate surface area is 368 Å². The third kappa shape index (κ3) is 6.09. The molecule has 1 heterocycles. The Kier molecular flexibility index (Phi) is 8.55. The van der Waals surface area contributed by atoms with Crippen LogP contribution in [-0.2, 0) is 5.41 Å². The summed E-state index contributed by atoms with van der Waals surface area (Å²) in [6.45, 7) is 4.70. The molecule has 2 heteroatoms. The summed E-state index contributed by atoms with van der Waals surface area (Å²) in [7, 11) is 0. The summed E-state index contributed by atoms with van der Waals surface area (Å²) in [6, 6.07) is 81.5. The van der Waals surface area contributed by atoms with Crippen molar-refractivity contribution in [3.8, 4) is 55.6 Å². The van der Waals surface area contributed by atoms with Crippen LogP contribution in [0, 0.1) is 0 Å². The van der Waals surface area contributed by atoms with Gasteiger partial charge in [-0.15, -0.1) is 0 Å². The molecule has 12 rings (SSSR count). The molecule has 1 aromatic heterocycles. The number of furan rings is 1. The van der Waals surface area contributed by atoms with Crippen LogP contribution < -0.4 is 4.90 Å². The Balaban J connectivity index is 0.980. The van der Waals surface area contributed by atoms with Gasteiger partial charge in [-0.1, -0.05) is 184 Å². The first kappa shape index (κ1) is 36.9. The van der Waals surface area contributed by atoms with Crippen molar-refractivity contribution >= 4 is 49.8 Å². The lowest BCUT2D eigenvalue weighted by atomic mass is 9.82. The van der Waals surface area contributed by atoms with E-state index in [1.807, 2.05) is 0 Å². The lowest BCUT2D eigenvalue weighted by Crippen LogP contribution is -2.16. The van der Waals surface area contributed by atoms with Crippen LogP contribution >= 0.6 is 0 Å². The fourth-order valence-corrected chi connectivity index (χ4v) is 10.1. The van der Waals surface area contributed by atoms with Crippen molar-refractivity contribution in [2.24, 2.45) is 0 Å². The summed E-state index contributed by atoms with van der Waals surface area (Å²) in [5, 5.41) is 4.54. The molecule has 2 nitrogen and oxygen atoms in total. The summed E-state index contributed by atoms with van der Waals surface area (Å²) in [4.78, 5) is 2.40. The number of hydrogen-bond donors (Lipinski definition) is 0. The van der Waals surface area contributed by atoms with Gasteiger partial charge >= 0.3 is 0 Å². The predicted molar refractivity (Wildman–Crippen MR) is 265 cm³/mol. The van der Waals surface area contributed by atoms with Crippen LogP contribution in [0.1, 0.15) is 25.0 Å². The first-order chi connectivity index (χ1) is 31.0. The van der Waals surface area contributed by atoms with Gasteiger partial charge in [-0.05, 0) is 121 Å². The quantitative estimate of drug-likeness (QED) is 0.160. The van der Waals surface area contributed by atoms with Crippen LogP contribution in [0.3, 0.4) is 0 Å². The van der Waals surface area contributed by atoms with Gasteiger partial charge in [-0.3, -0.25) is 0 Å². The van der Waals surface area contributed by atoms with E-state index in [0.717, 1.165) is 66.6 Å². The average Bonchev–Trinajstić information content (AvgIpc) is 3.84. The van der Waals surface area contributed by atoms with Crippen molar-refractivity contribution in [1.82, 2.24) is 0 Å². The number of hydrogen-bond acceptors (Lipinski definition) is 2. The monoisotopic (exact) mass is 805 g/mol. The molecule has 0 unspecified atom stereocenters. The summed E-state index contributed by atoms with van der Waals surface area (Å²) in [6.07, 6.45) is 0. The molecule has 0 amide bonds. The van der Waals surface area contributed by atoms with Crippen LogP contribution in [0.15, 0.2) is 229 Å². The molecule has 1 aliphatic rings. The number of rotatable bonds is 7. The Morgan fingerprint density at radius 2 is 0.857 bits per heavy atom. The standard InChI is InChI=1S/C61H43NO/c1-61(2)57-24-14-13-23-52(57)53-36-34-48(39-58(53)61)62(46-30-25-41(26-31-46)40-15-5-3-6-16-40)47-32-27-44(28-33-47)49-20-11-12-21-50(49)45-37-55(42-17-7-4-8-18-42)60-56(38-45)54-35-29-43-19-9-10-22-51(43)59(54)63-60/h3-39H,1-2H3. The zero-order valence-electron chi connectivity index (χ0n) is 35.2. The lowest BCUT2D eigenvalue weighted by Gasteiger charge is -2.28. The first-order valence-electron chi connectivity index (χ1n) is 21.8. The largest absolute Gasteiger partial charge is 0.455 e. The molecule has 0 aliphatic heterocycles. The van der Waals surface area contributed by atoms with Gasteiger partial charge in [0.15, 0.2) is 0 Å². The van der Waals surface area contributed by atoms with Crippen LogP contribution in [0.5, 0.6) is 0 Å². The summed E-state index contributed by atoms with van der Waals surface area (Å²) < 4.78 is 6.84. The fourth-order valence-electron chi connectivity index (χ4n) is 10.1. The molecule has 1 aliphatic carbocycles. The van der Waals surface area contributed by atoms with Gasteiger partial charge in [0, 0.05) is 44.2 Å². The molecule has 0 spiro atoms. The highest BCUT2D eigenvalue weighted by molar-refractivity contribution is 6.18. The van der Waals surface area contributed by atoms with Gasteiger partial charge in [-0.2, -0.15) is 0 Å². The van der Waals surface area contributed by atoms with E-state index >= 15 is 0 Å². The molecule has 10 aromatic carbocycles. The van der Waals surface area contributed by atoms with Crippen molar-refractivity contribution < 1.29 is 4.42 Å². The van der Waals surface area contributed by atoms with Crippen molar-refractivity contribution in [2.75, 3.05) is 4.90 Å². The second-order valence-electron chi connectivity index (χ2n) is 17.3. The Morgan fingerprint density at radius 1 is 0.317 bits per heavy atom. The van der Waals surface area contributed by atoms with Gasteiger partial charge in [0.1, 0.15) is 11.2 Å². The molecule has 0 saturated heterocycles. The van der Waals surface area contributed by atoms with E-state index < -0.39 is 0 Å². The van der Waals surface area contributed by atoms with Crippen molar-refractivity contribution in [3.05, 3.63) is 236 Å². The molecule has 0 fully saturated rings. The van der Waals surface area contributed by atoms with Gasteiger partial charge in [0.25, 0.3) is 0 Å². The number of fused-ring (bicyclic) bond motifs is 8. The lowest BCUT2D eigenvalue weighted by molar-refractivity contribution is 0.660. The van der Waals surface area contributed by atoms with Crippen molar-refractivity contribution in [3.63, 3.8) is 0 Å². The molecule has 0 N–H and O–H groups in total. The Bertz CT molecular complexity index is 3510. The van der Waals surface area contributed by atoms with E-state index in [1.54, 1.807) is 0 Å². The Morgan fingerprint density at radius 3 is 1.59 bits per heavy atom. The molecule has 0 saturated carbocycles. The van der Waals surface area contributed by atoms with Gasteiger partial charge in [0.2, 0.25) is 0 Å². The molecule has 298 valence electrons. The van der Waals surface area contributed by atoms with Crippen LogP contribution in [-0.4, -0.2) is 0 Å². The second-order valence-corrected chi connectivity index (χ2v) is 17.3. The highest BCUT2D eigenvalue weighted by Gasteiger charge is 2.35. The van der Waals surface area contributed by atoms with E-state index in [4.69, 9.17) is 4.42 Å². The maximum atomic E-state index is 6.84. The Hall–Kier alpha value is -7.94. The fraction of sp³-hybridized carbons (Fsp3) is 0.0492. The summed E-state index contributed by atoms with van der Waals surface area (Å²) >= 11 is 0. The van der Waals surface area contributed by atoms with Gasteiger partial charge in [0.05, 0.1) is 0 Å². The molecule has 0 atom stereocenters. The third-order valence-corrected chi connectivity index (χ3v) is 13.3. The molecule has 63 heavy (non-hydrogen) atoms. The number of nitrogens with zero attached hydrogens (tertiary/aromatic N) is 1. The van der Waals surface area contributed by atoms with E-state index in [1.165, 1.54) is 49.9 Å². The summed E-state index contributed by atoms with van der Waals surface area (Å²) in [5.41, 5.74) is 19.7. The first-order valence-corrected chi connectivity index (χ1v) is 21.8. The van der Waals surface area contributed by atoms with Gasteiger partial charge < -0.3 is 9.32 Å². The number of benzene rings is 10. The molecular formula is C61H43NO. The normalized spacial score (nSPS) is 12.7.